The van der Waals surface area contributed by atoms with Gasteiger partial charge in [0.05, 0.1) is 12.2 Å². The van der Waals surface area contributed by atoms with Crippen LogP contribution in [-0.2, 0) is 16.0 Å². The van der Waals surface area contributed by atoms with E-state index in [1.54, 1.807) is 31.2 Å². The van der Waals surface area contributed by atoms with Crippen LogP contribution in [0.1, 0.15) is 29.3 Å². The number of nitrogens with one attached hydrogen (secondary N) is 2. The summed E-state index contributed by atoms with van der Waals surface area (Å²) >= 11 is 5.84. The zero-order valence-electron chi connectivity index (χ0n) is 14.8. The summed E-state index contributed by atoms with van der Waals surface area (Å²) in [5, 5.41) is 6.76. The van der Waals surface area contributed by atoms with Crippen molar-refractivity contribution in [1.29, 1.82) is 0 Å². The van der Waals surface area contributed by atoms with Gasteiger partial charge < -0.3 is 15.4 Å². The molecule has 2 aromatic rings. The molecule has 0 aromatic heterocycles. The van der Waals surface area contributed by atoms with Crippen molar-refractivity contribution in [3.05, 3.63) is 64.7 Å². The van der Waals surface area contributed by atoms with Crippen LogP contribution in [0.25, 0.3) is 0 Å². The van der Waals surface area contributed by atoms with Crippen molar-refractivity contribution >= 4 is 29.2 Å². The van der Waals surface area contributed by atoms with Crippen LogP contribution in [0, 0.1) is 0 Å². The molecule has 0 unspecified atom stereocenters. The van der Waals surface area contributed by atoms with Crippen molar-refractivity contribution in [3.8, 4) is 0 Å². The molecule has 5 nitrogen and oxygen atoms in total. The molecule has 1 amide bonds. The molecule has 2 rings (SSSR count). The molecule has 138 valence electrons. The van der Waals surface area contributed by atoms with E-state index in [1.807, 2.05) is 24.3 Å². The second-order valence-corrected chi connectivity index (χ2v) is 6.14. The summed E-state index contributed by atoms with van der Waals surface area (Å²) in [5.74, 6) is -0.339. The maximum Gasteiger partial charge on any atom is 0.338 e. The average molecular weight is 375 g/mol. The molecule has 0 aliphatic carbocycles. The van der Waals surface area contributed by atoms with Crippen LogP contribution in [0.5, 0.6) is 0 Å². The number of amides is 1. The van der Waals surface area contributed by atoms with Gasteiger partial charge in [0.2, 0.25) is 5.91 Å². The van der Waals surface area contributed by atoms with Crippen LogP contribution >= 0.6 is 11.6 Å². The molecule has 6 heteroatoms. The van der Waals surface area contributed by atoms with Gasteiger partial charge in [0.25, 0.3) is 0 Å². The molecule has 0 bridgehead atoms. The Balaban J connectivity index is 1.64. The quantitative estimate of drug-likeness (QED) is 0.657. The molecule has 0 fully saturated rings. The van der Waals surface area contributed by atoms with Gasteiger partial charge in [0.1, 0.15) is 0 Å². The lowest BCUT2D eigenvalue weighted by atomic mass is 10.1. The highest BCUT2D eigenvalue weighted by Crippen LogP contribution is 2.11. The van der Waals surface area contributed by atoms with Crippen molar-refractivity contribution < 1.29 is 14.3 Å². The third kappa shape index (κ3) is 6.76. The van der Waals surface area contributed by atoms with Gasteiger partial charge in [0.15, 0.2) is 0 Å². The van der Waals surface area contributed by atoms with Crippen LogP contribution in [-0.4, -0.2) is 31.6 Å². The first-order valence-electron chi connectivity index (χ1n) is 8.60. The van der Waals surface area contributed by atoms with E-state index < -0.39 is 0 Å². The fourth-order valence-electron chi connectivity index (χ4n) is 2.34. The van der Waals surface area contributed by atoms with E-state index in [4.69, 9.17) is 16.3 Å². The lowest BCUT2D eigenvalue weighted by Crippen LogP contribution is -2.27. The van der Waals surface area contributed by atoms with Crippen molar-refractivity contribution in [2.24, 2.45) is 0 Å². The zero-order valence-corrected chi connectivity index (χ0v) is 15.5. The van der Waals surface area contributed by atoms with E-state index in [-0.39, 0.29) is 11.9 Å². The first kappa shape index (κ1) is 19.8. The second kappa shape index (κ2) is 10.5. The Kier molecular flexibility index (Phi) is 7.96. The summed E-state index contributed by atoms with van der Waals surface area (Å²) in [6.07, 6.45) is 1.14. The molecule has 0 radical (unpaired) electrons. The SMILES string of the molecule is CCOC(=O)c1ccc(NCCC(=O)NCCc2ccc(Cl)cc2)cc1. The Morgan fingerprint density at radius 3 is 2.35 bits per heavy atom. The van der Waals surface area contributed by atoms with Crippen molar-refractivity contribution in [3.63, 3.8) is 0 Å². The van der Waals surface area contributed by atoms with Crippen molar-refractivity contribution in [2.45, 2.75) is 19.8 Å². The highest BCUT2D eigenvalue weighted by molar-refractivity contribution is 6.30. The van der Waals surface area contributed by atoms with Crippen LogP contribution in [0.3, 0.4) is 0 Å². The van der Waals surface area contributed by atoms with Gasteiger partial charge in [-0.15, -0.1) is 0 Å². The second-order valence-electron chi connectivity index (χ2n) is 5.70. The number of hydrogen-bond donors (Lipinski definition) is 2. The normalized spacial score (nSPS) is 10.2. The third-order valence-electron chi connectivity index (χ3n) is 3.73. The maximum atomic E-state index is 11.9. The summed E-state index contributed by atoms with van der Waals surface area (Å²) in [4.78, 5) is 23.4. The summed E-state index contributed by atoms with van der Waals surface area (Å²) in [7, 11) is 0. The minimum absolute atomic E-state index is 0.00499. The van der Waals surface area contributed by atoms with Crippen LogP contribution < -0.4 is 10.6 Å². The maximum absolute atomic E-state index is 11.9. The Hall–Kier alpha value is -2.53. The molecule has 2 N–H and O–H groups in total. The fourth-order valence-corrected chi connectivity index (χ4v) is 2.47. The molecule has 0 heterocycles. The zero-order chi connectivity index (χ0) is 18.8. The van der Waals surface area contributed by atoms with Gasteiger partial charge in [0, 0.05) is 30.2 Å². The lowest BCUT2D eigenvalue weighted by Gasteiger charge is -2.08. The number of benzene rings is 2. The third-order valence-corrected chi connectivity index (χ3v) is 3.98. The number of carbonyl (C=O) groups excluding carboxylic acids is 2. The van der Waals surface area contributed by atoms with Gasteiger partial charge in [-0.1, -0.05) is 23.7 Å². The van der Waals surface area contributed by atoms with E-state index in [2.05, 4.69) is 10.6 Å². The summed E-state index contributed by atoms with van der Waals surface area (Å²) in [5.41, 5.74) is 2.50. The van der Waals surface area contributed by atoms with Crippen LogP contribution in [0.15, 0.2) is 48.5 Å². The van der Waals surface area contributed by atoms with E-state index >= 15 is 0 Å². The van der Waals surface area contributed by atoms with E-state index in [0.29, 0.717) is 36.7 Å². The Morgan fingerprint density at radius 2 is 1.69 bits per heavy atom. The molecule has 0 aliphatic heterocycles. The Bertz CT molecular complexity index is 715. The number of esters is 1. The molecule has 0 saturated carbocycles. The van der Waals surface area contributed by atoms with Gasteiger partial charge in [-0.25, -0.2) is 4.79 Å². The summed E-state index contributed by atoms with van der Waals surface area (Å²) in [6, 6.07) is 14.6. The molecule has 0 saturated heterocycles. The Labute approximate surface area is 158 Å². The molecule has 0 spiro atoms. The van der Waals surface area contributed by atoms with Gasteiger partial charge in [-0.2, -0.15) is 0 Å². The number of anilines is 1. The van der Waals surface area contributed by atoms with Crippen LogP contribution in [0.2, 0.25) is 5.02 Å². The van der Waals surface area contributed by atoms with Gasteiger partial charge in [-0.3, -0.25) is 4.79 Å². The number of hydrogen-bond acceptors (Lipinski definition) is 4. The predicted octanol–water partition coefficient (Wildman–Crippen LogP) is 3.68. The average Bonchev–Trinajstić information content (AvgIpc) is 2.64. The molecular formula is C20H23ClN2O3. The highest BCUT2D eigenvalue weighted by Gasteiger charge is 2.06. The minimum atomic E-state index is -0.334. The summed E-state index contributed by atoms with van der Waals surface area (Å²) < 4.78 is 4.94. The van der Waals surface area contributed by atoms with E-state index in [0.717, 1.165) is 17.7 Å². The molecule has 0 atom stereocenters. The lowest BCUT2D eigenvalue weighted by molar-refractivity contribution is -0.120. The monoisotopic (exact) mass is 374 g/mol. The molecule has 26 heavy (non-hydrogen) atoms. The van der Waals surface area contributed by atoms with E-state index in [1.165, 1.54) is 0 Å². The molecule has 0 aliphatic rings. The van der Waals surface area contributed by atoms with Gasteiger partial charge >= 0.3 is 5.97 Å². The molecule has 2 aromatic carbocycles. The first-order chi connectivity index (χ1) is 12.6. The standard InChI is InChI=1S/C20H23ClN2O3/c1-2-26-20(25)16-5-9-18(10-6-16)22-14-12-19(24)23-13-11-15-3-7-17(21)8-4-15/h3-10,22H,2,11-14H2,1H3,(H,23,24). The molecular weight excluding hydrogens is 352 g/mol. The fraction of sp³-hybridized carbons (Fsp3) is 0.300. The number of halogens is 1. The number of ether oxygens (including phenoxy) is 1. The van der Waals surface area contributed by atoms with Crippen LogP contribution in [0.4, 0.5) is 5.69 Å². The van der Waals surface area contributed by atoms with E-state index in [9.17, 15) is 9.59 Å². The summed E-state index contributed by atoms with van der Waals surface area (Å²) in [6.45, 7) is 3.24. The van der Waals surface area contributed by atoms with Crippen molar-refractivity contribution in [2.75, 3.05) is 25.0 Å². The Morgan fingerprint density at radius 1 is 1.00 bits per heavy atom. The first-order valence-corrected chi connectivity index (χ1v) is 8.98. The largest absolute Gasteiger partial charge is 0.462 e. The number of carbonyl (C=O) groups is 2. The minimum Gasteiger partial charge on any atom is -0.462 e. The number of rotatable bonds is 9. The topological polar surface area (TPSA) is 67.4 Å². The van der Waals surface area contributed by atoms with Crippen molar-refractivity contribution in [1.82, 2.24) is 5.32 Å². The highest BCUT2D eigenvalue weighted by atomic mass is 35.5. The smallest absolute Gasteiger partial charge is 0.338 e. The van der Waals surface area contributed by atoms with Gasteiger partial charge in [-0.05, 0) is 55.3 Å². The predicted molar refractivity (Wildman–Crippen MR) is 104 cm³/mol.